The second-order valence-corrected chi connectivity index (χ2v) is 10.7. The van der Waals surface area contributed by atoms with Crippen molar-refractivity contribution in [1.29, 1.82) is 0 Å². The summed E-state index contributed by atoms with van der Waals surface area (Å²) >= 11 is 15.7. The number of halogens is 2. The summed E-state index contributed by atoms with van der Waals surface area (Å²) in [7, 11) is 0. The zero-order valence-corrected chi connectivity index (χ0v) is 21.7. The molecule has 1 amide bonds. The lowest BCUT2D eigenvalue weighted by Crippen LogP contribution is -2.16. The van der Waals surface area contributed by atoms with Crippen LogP contribution in [0.25, 0.3) is 0 Å². The van der Waals surface area contributed by atoms with Crippen molar-refractivity contribution in [2.75, 3.05) is 22.3 Å². The largest absolute Gasteiger partial charge is 0.334 e. The van der Waals surface area contributed by atoms with Gasteiger partial charge in [0, 0.05) is 15.8 Å². The van der Waals surface area contributed by atoms with Crippen LogP contribution in [0.2, 0.25) is 10.0 Å². The highest BCUT2D eigenvalue weighted by Crippen LogP contribution is 2.29. The maximum atomic E-state index is 12.3. The monoisotopic (exact) mass is 565 g/mol. The molecule has 0 radical (unpaired) electrons. The topological polar surface area (TPSA) is 136 Å². The number of nitrogen functional groups attached to an aromatic ring is 1. The van der Waals surface area contributed by atoms with E-state index in [0.29, 0.717) is 20.3 Å². The Balaban J connectivity index is 1.22. The Morgan fingerprint density at radius 1 is 1.03 bits per heavy atom. The van der Waals surface area contributed by atoms with E-state index in [9.17, 15) is 4.79 Å². The number of hydrogen-bond acceptors (Lipinski definition) is 11. The molecular weight excluding hydrogens is 549 g/mol. The van der Waals surface area contributed by atoms with E-state index < -0.39 is 0 Å². The van der Waals surface area contributed by atoms with E-state index in [2.05, 4.69) is 36.2 Å². The number of amides is 1. The SMILES string of the molecule is Nn1c(N/N=C/c2ccc(Cl)cc2)nnc1SCC(=O)Nc1nnc(SCc2ccc(Cl)cc2)s1. The molecule has 15 heteroatoms. The molecule has 0 fully saturated rings. The van der Waals surface area contributed by atoms with Crippen LogP contribution in [0.4, 0.5) is 11.1 Å². The van der Waals surface area contributed by atoms with Crippen molar-refractivity contribution in [1.82, 2.24) is 25.1 Å². The lowest BCUT2D eigenvalue weighted by molar-refractivity contribution is -0.113. The first-order chi connectivity index (χ1) is 17.0. The number of aromatic nitrogens is 5. The molecule has 0 aliphatic heterocycles. The Morgan fingerprint density at radius 3 is 2.49 bits per heavy atom. The molecule has 0 bridgehead atoms. The van der Waals surface area contributed by atoms with Crippen molar-refractivity contribution >= 4 is 81.3 Å². The van der Waals surface area contributed by atoms with Gasteiger partial charge in [-0.15, -0.1) is 20.4 Å². The summed E-state index contributed by atoms with van der Waals surface area (Å²) in [4.78, 5) is 12.3. The fourth-order valence-corrected chi connectivity index (χ4v) is 5.13. The van der Waals surface area contributed by atoms with Crippen LogP contribution < -0.4 is 16.6 Å². The summed E-state index contributed by atoms with van der Waals surface area (Å²) in [5.74, 6) is 6.74. The normalized spacial score (nSPS) is 11.1. The van der Waals surface area contributed by atoms with E-state index in [1.54, 1.807) is 18.3 Å². The third kappa shape index (κ3) is 7.57. The van der Waals surface area contributed by atoms with Crippen LogP contribution in [0.15, 0.2) is 63.1 Å². The van der Waals surface area contributed by atoms with Crippen molar-refractivity contribution in [2.45, 2.75) is 15.2 Å². The van der Waals surface area contributed by atoms with Crippen LogP contribution in [0.5, 0.6) is 0 Å². The average Bonchev–Trinajstić information content (AvgIpc) is 3.45. The van der Waals surface area contributed by atoms with E-state index in [0.717, 1.165) is 33.0 Å². The van der Waals surface area contributed by atoms with E-state index in [1.807, 2.05) is 36.4 Å². The summed E-state index contributed by atoms with van der Waals surface area (Å²) in [6.45, 7) is 0. The molecule has 4 rings (SSSR count). The molecule has 4 aromatic rings. The third-order valence-electron chi connectivity index (χ3n) is 4.17. The van der Waals surface area contributed by atoms with Crippen molar-refractivity contribution in [3.05, 3.63) is 69.7 Å². The molecular formula is C20H17Cl2N9OS3. The predicted molar refractivity (Wildman–Crippen MR) is 143 cm³/mol. The van der Waals surface area contributed by atoms with Crippen molar-refractivity contribution < 1.29 is 4.79 Å². The fourth-order valence-electron chi connectivity index (χ4n) is 2.49. The summed E-state index contributed by atoms with van der Waals surface area (Å²) in [6.07, 6.45) is 1.59. The summed E-state index contributed by atoms with van der Waals surface area (Å²) in [6, 6.07) is 14.8. The van der Waals surface area contributed by atoms with E-state index in [1.165, 1.54) is 27.8 Å². The zero-order chi connectivity index (χ0) is 24.6. The van der Waals surface area contributed by atoms with Gasteiger partial charge in [-0.3, -0.25) is 10.1 Å². The number of hydrazone groups is 1. The van der Waals surface area contributed by atoms with E-state index in [4.69, 9.17) is 29.0 Å². The van der Waals surface area contributed by atoms with Gasteiger partial charge in [-0.2, -0.15) is 5.10 Å². The number of nitrogens with one attached hydrogen (secondary N) is 2. The van der Waals surface area contributed by atoms with Gasteiger partial charge >= 0.3 is 0 Å². The Hall–Kier alpha value is -2.84. The highest BCUT2D eigenvalue weighted by atomic mass is 35.5. The minimum absolute atomic E-state index is 0.0657. The highest BCUT2D eigenvalue weighted by molar-refractivity contribution is 8.00. The van der Waals surface area contributed by atoms with Gasteiger partial charge in [-0.05, 0) is 35.4 Å². The molecule has 2 heterocycles. The Morgan fingerprint density at radius 2 is 1.74 bits per heavy atom. The van der Waals surface area contributed by atoms with Crippen LogP contribution in [0.3, 0.4) is 0 Å². The number of anilines is 2. The second-order valence-electron chi connectivity index (χ2n) is 6.72. The van der Waals surface area contributed by atoms with Gasteiger partial charge in [0.2, 0.25) is 16.2 Å². The molecule has 0 aliphatic rings. The van der Waals surface area contributed by atoms with Crippen molar-refractivity contribution in [2.24, 2.45) is 5.10 Å². The number of benzene rings is 2. The molecule has 0 atom stereocenters. The van der Waals surface area contributed by atoms with E-state index in [-0.39, 0.29) is 17.6 Å². The second kappa shape index (κ2) is 12.2. The minimum atomic E-state index is -0.265. The molecule has 180 valence electrons. The van der Waals surface area contributed by atoms with Gasteiger partial charge in [0.05, 0.1) is 12.0 Å². The van der Waals surface area contributed by atoms with Gasteiger partial charge < -0.3 is 5.84 Å². The lowest BCUT2D eigenvalue weighted by Gasteiger charge is -2.03. The first kappa shape index (κ1) is 25.3. The van der Waals surface area contributed by atoms with Crippen molar-refractivity contribution in [3.63, 3.8) is 0 Å². The van der Waals surface area contributed by atoms with Crippen molar-refractivity contribution in [3.8, 4) is 0 Å². The van der Waals surface area contributed by atoms with Gasteiger partial charge in [0.25, 0.3) is 5.95 Å². The number of carbonyl (C=O) groups is 1. The zero-order valence-electron chi connectivity index (χ0n) is 17.8. The smallest absolute Gasteiger partial charge is 0.264 e. The standard InChI is InChI=1S/C20H17Cl2N9OS3/c21-14-5-1-12(2-6-14)9-24-26-17-27-29-19(31(17)23)33-11-16(32)25-18-28-30-20(35-18)34-10-13-3-7-15(22)8-4-13/h1-9H,10-11,23H2,(H,26,27)(H,25,28,32)/b24-9+. The number of nitrogens with two attached hydrogens (primary N) is 1. The molecule has 0 unspecified atom stereocenters. The summed E-state index contributed by atoms with van der Waals surface area (Å²) in [5, 5.41) is 24.9. The average molecular weight is 567 g/mol. The number of carbonyl (C=O) groups excluding carboxylic acids is 1. The summed E-state index contributed by atoms with van der Waals surface area (Å²) in [5.41, 5.74) is 4.68. The molecule has 0 spiro atoms. The maximum Gasteiger partial charge on any atom is 0.264 e. The van der Waals surface area contributed by atoms with Crippen LogP contribution >= 0.6 is 58.1 Å². The third-order valence-corrected chi connectivity index (χ3v) is 7.66. The summed E-state index contributed by atoms with van der Waals surface area (Å²) < 4.78 is 1.97. The number of hydrogen-bond donors (Lipinski definition) is 3. The predicted octanol–water partition coefficient (Wildman–Crippen LogP) is 4.62. The van der Waals surface area contributed by atoms with Crippen LogP contribution in [0.1, 0.15) is 11.1 Å². The first-order valence-electron chi connectivity index (χ1n) is 9.85. The van der Waals surface area contributed by atoms with Crippen LogP contribution in [0, 0.1) is 0 Å². The fraction of sp³-hybridized carbons (Fsp3) is 0.100. The molecule has 4 N–H and O–H groups in total. The number of thioether (sulfide) groups is 2. The molecule has 0 saturated carbocycles. The number of rotatable bonds is 10. The lowest BCUT2D eigenvalue weighted by atomic mass is 10.2. The first-order valence-corrected chi connectivity index (χ1v) is 13.4. The molecule has 10 nitrogen and oxygen atoms in total. The van der Waals surface area contributed by atoms with Gasteiger partial charge in [-0.1, -0.05) is 82.3 Å². The Bertz CT molecular complexity index is 1310. The minimum Gasteiger partial charge on any atom is -0.334 e. The maximum absolute atomic E-state index is 12.3. The molecule has 0 saturated heterocycles. The Labute approximate surface area is 222 Å². The number of nitrogens with zero attached hydrogens (tertiary/aromatic N) is 6. The quantitative estimate of drug-likeness (QED) is 0.0826. The molecule has 2 aromatic carbocycles. The van der Waals surface area contributed by atoms with Gasteiger partial charge in [0.1, 0.15) is 0 Å². The highest BCUT2D eigenvalue weighted by Gasteiger charge is 2.14. The molecule has 2 aromatic heterocycles. The van der Waals surface area contributed by atoms with E-state index >= 15 is 0 Å². The van der Waals surface area contributed by atoms with Gasteiger partial charge in [-0.25, -0.2) is 10.1 Å². The van der Waals surface area contributed by atoms with Crippen LogP contribution in [-0.2, 0) is 10.5 Å². The molecule has 0 aliphatic carbocycles. The molecule has 35 heavy (non-hydrogen) atoms. The Kier molecular flexibility index (Phi) is 8.82. The van der Waals surface area contributed by atoms with Gasteiger partial charge in [0.15, 0.2) is 4.34 Å². The van der Waals surface area contributed by atoms with Crippen LogP contribution in [-0.4, -0.2) is 42.9 Å².